The van der Waals surface area contributed by atoms with Crippen LogP contribution in [0.25, 0.3) is 0 Å². The number of rotatable bonds is 4. The predicted molar refractivity (Wildman–Crippen MR) is 82.9 cm³/mol. The van der Waals surface area contributed by atoms with E-state index in [-0.39, 0.29) is 0 Å². The molecule has 3 unspecified atom stereocenters. The van der Waals surface area contributed by atoms with Crippen LogP contribution in [0.1, 0.15) is 51.9 Å². The molecule has 0 aromatic heterocycles. The molecule has 20 heavy (non-hydrogen) atoms. The van der Waals surface area contributed by atoms with Gasteiger partial charge in [-0.1, -0.05) is 26.2 Å². The number of nitrogens with zero attached hydrogens (tertiary/aromatic N) is 1. The highest BCUT2D eigenvalue weighted by Crippen LogP contribution is 2.29. The highest BCUT2D eigenvalue weighted by Gasteiger charge is 2.32. The largest absolute Gasteiger partial charge is 0.378 e. The minimum atomic E-state index is 0.526. The molecule has 3 fully saturated rings. The molecule has 0 bridgehead atoms. The lowest BCUT2D eigenvalue weighted by Gasteiger charge is -2.40. The van der Waals surface area contributed by atoms with Gasteiger partial charge in [-0.15, -0.1) is 0 Å². The van der Waals surface area contributed by atoms with Gasteiger partial charge in [0.05, 0.1) is 6.10 Å². The summed E-state index contributed by atoms with van der Waals surface area (Å²) in [5.41, 5.74) is 0. The van der Waals surface area contributed by atoms with Crippen LogP contribution in [0, 0.1) is 11.8 Å². The number of hydrogen-bond acceptors (Lipinski definition) is 3. The molecule has 3 nitrogen and oxygen atoms in total. The Morgan fingerprint density at radius 2 is 2.00 bits per heavy atom. The van der Waals surface area contributed by atoms with Crippen LogP contribution in [-0.4, -0.2) is 49.8 Å². The number of nitrogens with one attached hydrogen (secondary N) is 1. The van der Waals surface area contributed by atoms with E-state index in [0.717, 1.165) is 24.5 Å². The zero-order chi connectivity index (χ0) is 13.8. The molecule has 3 heteroatoms. The fourth-order valence-electron chi connectivity index (χ4n) is 4.54. The molecule has 1 aliphatic carbocycles. The van der Waals surface area contributed by atoms with E-state index in [1.807, 2.05) is 0 Å². The average molecular weight is 280 g/mol. The van der Waals surface area contributed by atoms with E-state index in [0.29, 0.717) is 6.10 Å². The maximum absolute atomic E-state index is 5.86. The van der Waals surface area contributed by atoms with Crippen molar-refractivity contribution in [2.24, 2.45) is 11.8 Å². The van der Waals surface area contributed by atoms with Crippen molar-refractivity contribution in [1.82, 2.24) is 10.2 Å². The molecule has 116 valence electrons. The summed E-state index contributed by atoms with van der Waals surface area (Å²) in [7, 11) is 0. The third-order valence-electron chi connectivity index (χ3n) is 5.75. The SMILES string of the molecule is CCC1OCCC1CN1CCNC(C2CCCCC2)C1. The van der Waals surface area contributed by atoms with Crippen LogP contribution >= 0.6 is 0 Å². The Kier molecular flexibility index (Phi) is 5.36. The van der Waals surface area contributed by atoms with Crippen molar-refractivity contribution >= 4 is 0 Å². The third kappa shape index (κ3) is 3.55. The summed E-state index contributed by atoms with van der Waals surface area (Å²) in [4.78, 5) is 2.72. The van der Waals surface area contributed by atoms with Crippen LogP contribution in [-0.2, 0) is 4.74 Å². The van der Waals surface area contributed by atoms with E-state index in [4.69, 9.17) is 4.74 Å². The van der Waals surface area contributed by atoms with Gasteiger partial charge in [0, 0.05) is 38.8 Å². The van der Waals surface area contributed by atoms with Gasteiger partial charge >= 0.3 is 0 Å². The Balaban J connectivity index is 1.49. The number of hydrogen-bond donors (Lipinski definition) is 1. The van der Waals surface area contributed by atoms with E-state index >= 15 is 0 Å². The summed E-state index contributed by atoms with van der Waals surface area (Å²) in [5.74, 6) is 1.72. The summed E-state index contributed by atoms with van der Waals surface area (Å²) >= 11 is 0. The van der Waals surface area contributed by atoms with Crippen molar-refractivity contribution in [2.45, 2.75) is 64.0 Å². The fourth-order valence-corrected chi connectivity index (χ4v) is 4.54. The Morgan fingerprint density at radius 1 is 1.15 bits per heavy atom. The molecule has 2 heterocycles. The molecule has 0 aromatic rings. The van der Waals surface area contributed by atoms with Crippen molar-refractivity contribution in [2.75, 3.05) is 32.8 Å². The van der Waals surface area contributed by atoms with Crippen molar-refractivity contribution in [1.29, 1.82) is 0 Å². The molecule has 1 N–H and O–H groups in total. The standard InChI is InChI=1S/C17H32N2O/c1-2-17-15(8-11-20-17)12-19-10-9-18-16(13-19)14-6-4-3-5-7-14/h14-18H,2-13H2,1H3. The van der Waals surface area contributed by atoms with Gasteiger partial charge in [-0.05, 0) is 37.5 Å². The molecule has 0 spiro atoms. The molecule has 0 amide bonds. The van der Waals surface area contributed by atoms with E-state index < -0.39 is 0 Å². The molecule has 2 aliphatic heterocycles. The quantitative estimate of drug-likeness (QED) is 0.857. The Bertz CT molecular complexity index is 291. The highest BCUT2D eigenvalue weighted by molar-refractivity contribution is 4.88. The van der Waals surface area contributed by atoms with Crippen LogP contribution in [0.3, 0.4) is 0 Å². The number of ether oxygens (including phenoxy) is 1. The van der Waals surface area contributed by atoms with Crippen molar-refractivity contribution in [3.8, 4) is 0 Å². The van der Waals surface area contributed by atoms with Gasteiger partial charge in [0.25, 0.3) is 0 Å². The molecular formula is C17H32N2O. The molecule has 2 saturated heterocycles. The monoisotopic (exact) mass is 280 g/mol. The maximum Gasteiger partial charge on any atom is 0.0613 e. The molecule has 3 aliphatic rings. The second-order valence-corrected chi connectivity index (χ2v) is 7.08. The zero-order valence-corrected chi connectivity index (χ0v) is 13.2. The third-order valence-corrected chi connectivity index (χ3v) is 5.75. The normalized spacial score (nSPS) is 37.4. The second kappa shape index (κ2) is 7.24. The first-order valence-corrected chi connectivity index (χ1v) is 8.94. The smallest absolute Gasteiger partial charge is 0.0613 e. The highest BCUT2D eigenvalue weighted by atomic mass is 16.5. The summed E-state index contributed by atoms with van der Waals surface area (Å²) in [6.07, 6.45) is 10.3. The minimum absolute atomic E-state index is 0.526. The van der Waals surface area contributed by atoms with E-state index in [1.165, 1.54) is 71.1 Å². The lowest BCUT2D eigenvalue weighted by molar-refractivity contribution is 0.0657. The average Bonchev–Trinajstić information content (AvgIpc) is 2.96. The topological polar surface area (TPSA) is 24.5 Å². The van der Waals surface area contributed by atoms with Gasteiger partial charge in [-0.3, -0.25) is 0 Å². The van der Waals surface area contributed by atoms with Gasteiger partial charge in [-0.25, -0.2) is 0 Å². The lowest BCUT2D eigenvalue weighted by atomic mass is 9.83. The first kappa shape index (κ1) is 14.8. The maximum atomic E-state index is 5.86. The summed E-state index contributed by atoms with van der Waals surface area (Å²) in [6.45, 7) is 8.22. The Hall–Kier alpha value is -0.120. The van der Waals surface area contributed by atoms with Crippen LogP contribution in [0.5, 0.6) is 0 Å². The minimum Gasteiger partial charge on any atom is -0.378 e. The second-order valence-electron chi connectivity index (χ2n) is 7.08. The van der Waals surface area contributed by atoms with E-state index in [1.54, 1.807) is 0 Å². The molecule has 0 radical (unpaired) electrons. The van der Waals surface area contributed by atoms with E-state index in [9.17, 15) is 0 Å². The van der Waals surface area contributed by atoms with E-state index in [2.05, 4.69) is 17.1 Å². The van der Waals surface area contributed by atoms with Gasteiger partial charge < -0.3 is 15.0 Å². The molecule has 3 atom stereocenters. The summed E-state index contributed by atoms with van der Waals surface area (Å²) in [6, 6.07) is 0.756. The first-order chi connectivity index (χ1) is 9.86. The van der Waals surface area contributed by atoms with Gasteiger partial charge in [-0.2, -0.15) is 0 Å². The molecule has 1 saturated carbocycles. The van der Waals surface area contributed by atoms with Gasteiger partial charge in [0.15, 0.2) is 0 Å². The Labute approximate surface area is 124 Å². The first-order valence-electron chi connectivity index (χ1n) is 8.94. The van der Waals surface area contributed by atoms with Crippen LogP contribution in [0.15, 0.2) is 0 Å². The summed E-state index contributed by atoms with van der Waals surface area (Å²) in [5, 5.41) is 3.80. The van der Waals surface area contributed by atoms with Crippen LogP contribution < -0.4 is 5.32 Å². The van der Waals surface area contributed by atoms with Crippen molar-refractivity contribution in [3.05, 3.63) is 0 Å². The lowest BCUT2D eigenvalue weighted by Crippen LogP contribution is -2.55. The van der Waals surface area contributed by atoms with Crippen LogP contribution in [0.4, 0.5) is 0 Å². The van der Waals surface area contributed by atoms with Gasteiger partial charge in [0.1, 0.15) is 0 Å². The zero-order valence-electron chi connectivity index (χ0n) is 13.2. The summed E-state index contributed by atoms with van der Waals surface area (Å²) < 4.78 is 5.86. The molecule has 3 rings (SSSR count). The number of piperazine rings is 1. The molecular weight excluding hydrogens is 248 g/mol. The van der Waals surface area contributed by atoms with Crippen molar-refractivity contribution in [3.63, 3.8) is 0 Å². The van der Waals surface area contributed by atoms with Crippen LogP contribution in [0.2, 0.25) is 0 Å². The predicted octanol–water partition coefficient (Wildman–Crippen LogP) is 2.66. The van der Waals surface area contributed by atoms with Crippen molar-refractivity contribution < 1.29 is 4.74 Å². The van der Waals surface area contributed by atoms with Gasteiger partial charge in [0.2, 0.25) is 0 Å². The fraction of sp³-hybridized carbons (Fsp3) is 1.00. The molecule has 0 aromatic carbocycles. The Morgan fingerprint density at radius 3 is 2.80 bits per heavy atom.